The van der Waals surface area contributed by atoms with Crippen LogP contribution in [0.2, 0.25) is 0 Å². The minimum absolute atomic E-state index is 0.130. The third-order valence-electron chi connectivity index (χ3n) is 5.02. The number of aromatic nitrogens is 2. The molecule has 4 rings (SSSR count). The van der Waals surface area contributed by atoms with Crippen molar-refractivity contribution >= 4 is 28.8 Å². The Morgan fingerprint density at radius 3 is 2.44 bits per heavy atom. The summed E-state index contributed by atoms with van der Waals surface area (Å²) in [4.78, 5) is 17.7. The van der Waals surface area contributed by atoms with Crippen molar-refractivity contribution in [3.63, 3.8) is 0 Å². The fraction of sp³-hybridized carbons (Fsp3) is 0.308. The van der Waals surface area contributed by atoms with Crippen LogP contribution in [0.4, 0.5) is 5.82 Å². The molecule has 0 unspecified atom stereocenters. The molecule has 0 atom stereocenters. The lowest BCUT2D eigenvalue weighted by Crippen LogP contribution is -2.36. The van der Waals surface area contributed by atoms with E-state index in [2.05, 4.69) is 44.3 Å². The van der Waals surface area contributed by atoms with E-state index in [1.807, 2.05) is 60.1 Å². The van der Waals surface area contributed by atoms with Crippen LogP contribution in [0.25, 0.3) is 16.9 Å². The molecule has 3 aromatic heterocycles. The molecule has 0 radical (unpaired) electrons. The van der Waals surface area contributed by atoms with Crippen molar-refractivity contribution in [2.75, 3.05) is 5.32 Å². The maximum absolute atomic E-state index is 12.2. The van der Waals surface area contributed by atoms with Crippen molar-refractivity contribution in [3.8, 4) is 17.0 Å². The molecule has 3 heterocycles. The fourth-order valence-electron chi connectivity index (χ4n) is 4.24. The molecule has 0 aliphatic heterocycles. The lowest BCUT2D eigenvalue weighted by atomic mass is 9.82. The van der Waals surface area contributed by atoms with Crippen LogP contribution >= 0.6 is 11.3 Å². The van der Waals surface area contributed by atoms with Crippen molar-refractivity contribution < 1.29 is 9.53 Å². The average molecular weight is 448 g/mol. The number of nitrogens with one attached hydrogen (secondary N) is 1. The van der Waals surface area contributed by atoms with Gasteiger partial charge in [-0.2, -0.15) is 0 Å². The van der Waals surface area contributed by atoms with Gasteiger partial charge in [0.25, 0.3) is 0 Å². The molecule has 4 aromatic rings. The molecule has 0 bridgehead atoms. The second-order valence-electron chi connectivity index (χ2n) is 9.88. The predicted molar refractivity (Wildman–Crippen MR) is 132 cm³/mol. The summed E-state index contributed by atoms with van der Waals surface area (Å²) in [5.74, 6) is 1.13. The molecule has 0 spiro atoms. The molecule has 32 heavy (non-hydrogen) atoms. The highest BCUT2D eigenvalue weighted by atomic mass is 32.1. The lowest BCUT2D eigenvalue weighted by molar-refractivity contribution is 0.0740. The van der Waals surface area contributed by atoms with Crippen molar-refractivity contribution in [2.24, 2.45) is 5.41 Å². The van der Waals surface area contributed by atoms with Crippen LogP contribution in [0.5, 0.6) is 5.75 Å². The zero-order chi connectivity index (χ0) is 22.9. The van der Waals surface area contributed by atoms with Crippen LogP contribution in [0.15, 0.2) is 66.2 Å². The Bertz CT molecular complexity index is 1220. The van der Waals surface area contributed by atoms with Gasteiger partial charge in [-0.25, -0.2) is 9.78 Å². The third kappa shape index (κ3) is 5.02. The van der Waals surface area contributed by atoms with Gasteiger partial charge < -0.3 is 10.1 Å². The van der Waals surface area contributed by atoms with E-state index in [1.165, 1.54) is 11.3 Å². The summed E-state index contributed by atoms with van der Waals surface area (Å²) in [5, 5.41) is 5.61. The van der Waals surface area contributed by atoms with E-state index in [4.69, 9.17) is 9.72 Å². The van der Waals surface area contributed by atoms with Gasteiger partial charge >= 0.3 is 5.97 Å². The summed E-state index contributed by atoms with van der Waals surface area (Å²) in [6, 6.07) is 17.1. The third-order valence-corrected chi connectivity index (χ3v) is 5.87. The van der Waals surface area contributed by atoms with Gasteiger partial charge in [0, 0.05) is 17.3 Å². The Hall–Kier alpha value is -3.12. The Labute approximate surface area is 193 Å². The van der Waals surface area contributed by atoms with Crippen LogP contribution in [-0.4, -0.2) is 20.9 Å². The van der Waals surface area contributed by atoms with Crippen molar-refractivity contribution in [1.29, 1.82) is 0 Å². The first-order valence-electron chi connectivity index (χ1n) is 10.7. The molecule has 0 aliphatic rings. The van der Waals surface area contributed by atoms with E-state index in [0.29, 0.717) is 10.6 Å². The van der Waals surface area contributed by atoms with E-state index >= 15 is 0 Å². The highest BCUT2D eigenvalue weighted by molar-refractivity contribution is 7.12. The van der Waals surface area contributed by atoms with Gasteiger partial charge in [0.05, 0.1) is 0 Å². The second-order valence-corrected chi connectivity index (χ2v) is 10.8. The largest absolute Gasteiger partial charge is 0.422 e. The maximum Gasteiger partial charge on any atom is 0.353 e. The van der Waals surface area contributed by atoms with Crippen molar-refractivity contribution in [1.82, 2.24) is 9.38 Å². The zero-order valence-electron chi connectivity index (χ0n) is 19.2. The lowest BCUT2D eigenvalue weighted by Gasteiger charge is -2.34. The minimum Gasteiger partial charge on any atom is -0.422 e. The number of carbonyl (C=O) groups is 1. The Morgan fingerprint density at radius 2 is 1.78 bits per heavy atom. The fourth-order valence-corrected chi connectivity index (χ4v) is 4.84. The van der Waals surface area contributed by atoms with Gasteiger partial charge in [-0.1, -0.05) is 32.9 Å². The van der Waals surface area contributed by atoms with Gasteiger partial charge in [0.15, 0.2) is 0 Å². The first-order valence-corrected chi connectivity index (χ1v) is 11.6. The number of imidazole rings is 1. The van der Waals surface area contributed by atoms with Crippen LogP contribution < -0.4 is 10.1 Å². The van der Waals surface area contributed by atoms with Gasteiger partial charge in [-0.3, -0.25) is 4.40 Å². The number of hydrogen-bond donors (Lipinski definition) is 1. The van der Waals surface area contributed by atoms with Gasteiger partial charge in [-0.15, -0.1) is 11.3 Å². The Morgan fingerprint density at radius 1 is 1.03 bits per heavy atom. The number of pyridine rings is 1. The summed E-state index contributed by atoms with van der Waals surface area (Å²) in [5.41, 5.74) is 2.76. The molecule has 0 aliphatic carbocycles. The number of rotatable bonds is 6. The smallest absolute Gasteiger partial charge is 0.353 e. The predicted octanol–water partition coefficient (Wildman–Crippen LogP) is 6.91. The Balaban J connectivity index is 1.65. The van der Waals surface area contributed by atoms with E-state index in [1.54, 1.807) is 6.07 Å². The SMILES string of the molecule is CC(C)(C)CC(C)(C)Nc1c(-c2ccc(OC(=O)c3cccs3)cc2)nc2ccccn12. The number of esters is 1. The Kier molecular flexibility index (Phi) is 5.82. The summed E-state index contributed by atoms with van der Waals surface area (Å²) in [6.45, 7) is 11.2. The van der Waals surface area contributed by atoms with Crippen molar-refractivity contribution in [3.05, 3.63) is 71.1 Å². The van der Waals surface area contributed by atoms with Crippen LogP contribution in [0.3, 0.4) is 0 Å². The van der Waals surface area contributed by atoms with E-state index in [9.17, 15) is 4.79 Å². The summed E-state index contributed by atoms with van der Waals surface area (Å²) in [6.07, 6.45) is 3.02. The zero-order valence-corrected chi connectivity index (χ0v) is 20.0. The topological polar surface area (TPSA) is 55.6 Å². The summed E-state index contributed by atoms with van der Waals surface area (Å²) >= 11 is 1.37. The van der Waals surface area contributed by atoms with Crippen LogP contribution in [-0.2, 0) is 0 Å². The molecule has 0 saturated carbocycles. The number of carbonyl (C=O) groups excluding carboxylic acids is 1. The highest BCUT2D eigenvalue weighted by Crippen LogP contribution is 2.35. The molecular formula is C26H29N3O2S. The van der Waals surface area contributed by atoms with Crippen molar-refractivity contribution in [2.45, 2.75) is 46.6 Å². The van der Waals surface area contributed by atoms with Crippen LogP contribution in [0, 0.1) is 5.41 Å². The number of nitrogens with zero attached hydrogens (tertiary/aromatic N) is 2. The molecule has 5 nitrogen and oxygen atoms in total. The number of hydrogen-bond acceptors (Lipinski definition) is 5. The van der Waals surface area contributed by atoms with E-state index in [-0.39, 0.29) is 16.9 Å². The average Bonchev–Trinajstić information content (AvgIpc) is 3.35. The molecule has 6 heteroatoms. The molecule has 166 valence electrons. The highest BCUT2D eigenvalue weighted by Gasteiger charge is 2.28. The quantitative estimate of drug-likeness (QED) is 0.258. The molecule has 0 fully saturated rings. The molecule has 1 N–H and O–H groups in total. The normalized spacial score (nSPS) is 12.2. The van der Waals surface area contributed by atoms with E-state index in [0.717, 1.165) is 29.1 Å². The number of anilines is 1. The van der Waals surface area contributed by atoms with Gasteiger partial charge in [0.2, 0.25) is 0 Å². The molecule has 1 aromatic carbocycles. The molecular weight excluding hydrogens is 418 g/mol. The van der Waals surface area contributed by atoms with E-state index < -0.39 is 0 Å². The monoisotopic (exact) mass is 447 g/mol. The maximum atomic E-state index is 12.2. The summed E-state index contributed by atoms with van der Waals surface area (Å²) < 4.78 is 7.59. The van der Waals surface area contributed by atoms with Gasteiger partial charge in [-0.05, 0) is 73.5 Å². The molecule has 0 saturated heterocycles. The molecule has 0 amide bonds. The number of thiophene rings is 1. The number of ether oxygens (including phenoxy) is 1. The second kappa shape index (κ2) is 8.43. The minimum atomic E-state index is -0.341. The van der Waals surface area contributed by atoms with Crippen LogP contribution in [0.1, 0.15) is 50.7 Å². The number of fused-ring (bicyclic) bond motifs is 1. The van der Waals surface area contributed by atoms with Gasteiger partial charge in [0.1, 0.15) is 27.8 Å². The number of benzene rings is 1. The summed E-state index contributed by atoms with van der Waals surface area (Å²) in [7, 11) is 0. The first-order chi connectivity index (χ1) is 15.1. The standard InChI is InChI=1S/C26H29N3O2S/c1-25(2,3)17-26(4,5)28-23-22(27-21-10-6-7-15-29(21)23)18-11-13-19(14-12-18)31-24(30)20-9-8-16-32-20/h6-16,28H,17H2,1-5H3. The first kappa shape index (κ1) is 22.1.